The van der Waals surface area contributed by atoms with Gasteiger partial charge in [-0.15, -0.1) is 0 Å². The van der Waals surface area contributed by atoms with Crippen molar-refractivity contribution >= 4 is 23.0 Å². The van der Waals surface area contributed by atoms with Gasteiger partial charge >= 0.3 is 0 Å². The molecule has 0 spiro atoms. The SMILES string of the molecule is CC(=NCCCNCCCCNCCCN=C(C)C1=C(O)CC(C)(C)CC1=O)C1=C(O)CC(C)(C)CC1=O. The largest absolute Gasteiger partial charge is 0.511 e. The zero-order chi connectivity index (χ0) is 28.3. The van der Waals surface area contributed by atoms with E-state index in [1.54, 1.807) is 0 Å². The number of carbonyl (C=O) groups is 2. The Bertz CT molecular complexity index is 895. The van der Waals surface area contributed by atoms with E-state index < -0.39 is 0 Å². The van der Waals surface area contributed by atoms with E-state index in [1.807, 2.05) is 41.5 Å². The molecule has 2 rings (SSSR count). The zero-order valence-corrected chi connectivity index (χ0v) is 24.5. The highest BCUT2D eigenvalue weighted by atomic mass is 16.3. The normalized spacial score (nSPS) is 20.5. The Morgan fingerprint density at radius 3 is 1.34 bits per heavy atom. The number of allylic oxidation sites excluding steroid dienone is 4. The Balaban J connectivity index is 1.50. The molecule has 38 heavy (non-hydrogen) atoms. The molecular formula is C30H50N4O4. The second-order valence-electron chi connectivity index (χ2n) is 12.4. The summed E-state index contributed by atoms with van der Waals surface area (Å²) in [6.07, 6.45) is 5.91. The summed E-state index contributed by atoms with van der Waals surface area (Å²) in [4.78, 5) is 33.8. The van der Waals surface area contributed by atoms with Crippen LogP contribution in [0.25, 0.3) is 0 Å². The third kappa shape index (κ3) is 10.4. The van der Waals surface area contributed by atoms with E-state index in [2.05, 4.69) is 20.6 Å². The van der Waals surface area contributed by atoms with Gasteiger partial charge in [0.1, 0.15) is 11.5 Å². The van der Waals surface area contributed by atoms with Gasteiger partial charge in [-0.05, 0) is 76.5 Å². The molecule has 0 radical (unpaired) electrons. The Hall–Kier alpha value is -2.32. The quantitative estimate of drug-likeness (QED) is 0.174. The number of ketones is 2. The first-order valence-electron chi connectivity index (χ1n) is 14.2. The number of unbranched alkanes of at least 4 members (excludes halogenated alkanes) is 1. The maximum atomic E-state index is 12.4. The van der Waals surface area contributed by atoms with Gasteiger partial charge in [-0.1, -0.05) is 27.7 Å². The van der Waals surface area contributed by atoms with E-state index in [-0.39, 0.29) is 33.9 Å². The molecule has 0 amide bonds. The predicted octanol–water partition coefficient (Wildman–Crippen LogP) is 5.05. The summed E-state index contributed by atoms with van der Waals surface area (Å²) < 4.78 is 0. The Morgan fingerprint density at radius 1 is 0.658 bits per heavy atom. The third-order valence-electron chi connectivity index (χ3n) is 7.11. The zero-order valence-electron chi connectivity index (χ0n) is 24.5. The lowest BCUT2D eigenvalue weighted by Gasteiger charge is -2.29. The van der Waals surface area contributed by atoms with Crippen LogP contribution >= 0.6 is 0 Å². The second kappa shape index (κ2) is 14.7. The second-order valence-corrected chi connectivity index (χ2v) is 12.4. The summed E-state index contributed by atoms with van der Waals surface area (Å²) in [5, 5.41) is 27.4. The number of nitrogens with zero attached hydrogens (tertiary/aromatic N) is 2. The molecular weight excluding hydrogens is 480 g/mol. The molecule has 2 aliphatic rings. The molecule has 0 saturated carbocycles. The van der Waals surface area contributed by atoms with Gasteiger partial charge < -0.3 is 20.8 Å². The first kappa shape index (κ1) is 31.9. The number of hydrogen-bond donors (Lipinski definition) is 4. The molecule has 0 bridgehead atoms. The minimum atomic E-state index is -0.184. The van der Waals surface area contributed by atoms with Crippen molar-refractivity contribution in [2.24, 2.45) is 20.8 Å². The molecule has 0 aromatic rings. The average molecular weight is 531 g/mol. The molecule has 0 saturated heterocycles. The summed E-state index contributed by atoms with van der Waals surface area (Å²) in [7, 11) is 0. The van der Waals surface area contributed by atoms with Gasteiger partial charge in [0.15, 0.2) is 11.6 Å². The Labute approximate surface area is 229 Å². The van der Waals surface area contributed by atoms with Crippen molar-refractivity contribution in [1.82, 2.24) is 10.6 Å². The van der Waals surface area contributed by atoms with Crippen molar-refractivity contribution < 1.29 is 19.8 Å². The minimum absolute atomic E-state index is 0.00681. The van der Waals surface area contributed by atoms with Crippen LogP contribution in [-0.2, 0) is 9.59 Å². The van der Waals surface area contributed by atoms with Crippen LogP contribution in [0.3, 0.4) is 0 Å². The molecule has 8 heteroatoms. The number of aliphatic imine (C=N–C) groups is 2. The van der Waals surface area contributed by atoms with E-state index in [1.165, 1.54) is 0 Å². The lowest BCUT2D eigenvalue weighted by Crippen LogP contribution is -2.28. The molecule has 0 atom stereocenters. The van der Waals surface area contributed by atoms with Crippen molar-refractivity contribution in [3.8, 4) is 0 Å². The van der Waals surface area contributed by atoms with Crippen molar-refractivity contribution in [3.63, 3.8) is 0 Å². The first-order chi connectivity index (χ1) is 17.8. The molecule has 0 aliphatic heterocycles. The maximum Gasteiger partial charge on any atom is 0.168 e. The Kier molecular flexibility index (Phi) is 12.4. The van der Waals surface area contributed by atoms with Gasteiger partial charge in [0.25, 0.3) is 0 Å². The molecule has 0 aromatic carbocycles. The highest BCUT2D eigenvalue weighted by molar-refractivity contribution is 6.23. The van der Waals surface area contributed by atoms with Crippen molar-refractivity contribution in [1.29, 1.82) is 0 Å². The summed E-state index contributed by atoms with van der Waals surface area (Å²) in [5.74, 6) is 0.348. The molecule has 8 nitrogen and oxygen atoms in total. The highest BCUT2D eigenvalue weighted by Gasteiger charge is 2.34. The lowest BCUT2D eigenvalue weighted by atomic mass is 9.76. The number of aliphatic hydroxyl groups excluding tert-OH is 2. The van der Waals surface area contributed by atoms with E-state index in [9.17, 15) is 19.8 Å². The fourth-order valence-electron chi connectivity index (χ4n) is 5.21. The van der Waals surface area contributed by atoms with Crippen LogP contribution in [0.2, 0.25) is 0 Å². The van der Waals surface area contributed by atoms with Gasteiger partial charge in [-0.2, -0.15) is 0 Å². The number of carbonyl (C=O) groups excluding carboxylic acids is 2. The van der Waals surface area contributed by atoms with Crippen LogP contribution in [-0.4, -0.2) is 72.5 Å². The van der Waals surface area contributed by atoms with Gasteiger partial charge in [-0.3, -0.25) is 19.6 Å². The van der Waals surface area contributed by atoms with Crippen LogP contribution in [0.1, 0.15) is 92.9 Å². The average Bonchev–Trinajstić information content (AvgIpc) is 2.76. The van der Waals surface area contributed by atoms with Crippen LogP contribution in [0.5, 0.6) is 0 Å². The monoisotopic (exact) mass is 530 g/mol. The van der Waals surface area contributed by atoms with Crippen molar-refractivity contribution in [2.75, 3.05) is 39.3 Å². The van der Waals surface area contributed by atoms with Crippen LogP contribution in [0.4, 0.5) is 0 Å². The number of hydrogen-bond acceptors (Lipinski definition) is 8. The highest BCUT2D eigenvalue weighted by Crippen LogP contribution is 2.37. The molecule has 4 N–H and O–H groups in total. The van der Waals surface area contributed by atoms with Gasteiger partial charge in [-0.25, -0.2) is 0 Å². The van der Waals surface area contributed by atoms with E-state index in [4.69, 9.17) is 0 Å². The van der Waals surface area contributed by atoms with E-state index in [0.29, 0.717) is 61.3 Å². The molecule has 2 aliphatic carbocycles. The molecule has 0 aromatic heterocycles. The minimum Gasteiger partial charge on any atom is -0.511 e. The van der Waals surface area contributed by atoms with Gasteiger partial charge in [0, 0.05) is 50.2 Å². The maximum absolute atomic E-state index is 12.4. The van der Waals surface area contributed by atoms with Crippen LogP contribution < -0.4 is 10.6 Å². The van der Waals surface area contributed by atoms with Crippen LogP contribution in [0, 0.1) is 10.8 Å². The lowest BCUT2D eigenvalue weighted by molar-refractivity contribution is -0.118. The fraction of sp³-hybridized carbons (Fsp3) is 0.733. The summed E-state index contributed by atoms with van der Waals surface area (Å²) in [6.45, 7) is 16.6. The third-order valence-corrected chi connectivity index (χ3v) is 7.11. The molecule has 0 unspecified atom stereocenters. The fourth-order valence-corrected chi connectivity index (χ4v) is 5.21. The van der Waals surface area contributed by atoms with Crippen LogP contribution in [0.15, 0.2) is 32.6 Å². The smallest absolute Gasteiger partial charge is 0.168 e. The number of Topliss-reactive ketones (excluding diaryl/α,β-unsaturated/α-hetero) is 2. The van der Waals surface area contributed by atoms with E-state index in [0.717, 1.165) is 51.9 Å². The van der Waals surface area contributed by atoms with E-state index >= 15 is 0 Å². The van der Waals surface area contributed by atoms with Gasteiger partial charge in [0.2, 0.25) is 0 Å². The molecule has 0 heterocycles. The first-order valence-corrected chi connectivity index (χ1v) is 14.2. The predicted molar refractivity (Wildman–Crippen MR) is 156 cm³/mol. The van der Waals surface area contributed by atoms with Crippen molar-refractivity contribution in [3.05, 3.63) is 22.7 Å². The summed E-state index contributed by atoms with van der Waals surface area (Å²) in [6, 6.07) is 0. The number of nitrogens with one attached hydrogen (secondary N) is 2. The van der Waals surface area contributed by atoms with Crippen molar-refractivity contribution in [2.45, 2.75) is 92.9 Å². The van der Waals surface area contributed by atoms with Gasteiger partial charge in [0.05, 0.1) is 11.1 Å². The number of rotatable bonds is 15. The summed E-state index contributed by atoms with van der Waals surface area (Å²) >= 11 is 0. The molecule has 214 valence electrons. The number of aliphatic hydroxyl groups is 2. The topological polar surface area (TPSA) is 123 Å². The molecule has 0 fully saturated rings. The Morgan fingerprint density at radius 2 is 1.00 bits per heavy atom. The summed E-state index contributed by atoms with van der Waals surface area (Å²) in [5.41, 5.74) is 1.78. The standard InChI is InChI=1S/C30H50N4O4/c1-21(27-23(35)17-29(3,4)18-24(27)36)33-15-9-13-31-11-7-8-12-32-14-10-16-34-22(2)28-25(37)19-30(5,6)20-26(28)38/h31-32,35,37H,7-20H2,1-6H3.